The molecule has 2 heterocycles. The van der Waals surface area contributed by atoms with E-state index in [2.05, 4.69) is 10.1 Å². The predicted molar refractivity (Wildman–Crippen MR) is 128 cm³/mol. The van der Waals surface area contributed by atoms with Crippen LogP contribution >= 0.6 is 23.5 Å². The molecule has 0 aliphatic rings. The number of hydrogen-bond acceptors (Lipinski definition) is 8. The van der Waals surface area contributed by atoms with Gasteiger partial charge >= 0.3 is 0 Å². The van der Waals surface area contributed by atoms with Gasteiger partial charge in [0.05, 0.1) is 16.7 Å². The summed E-state index contributed by atoms with van der Waals surface area (Å²) in [4.78, 5) is 23.5. The number of hydrogen-bond donors (Lipinski definition) is 0. The van der Waals surface area contributed by atoms with Crippen molar-refractivity contribution in [1.82, 2.24) is 19.7 Å². The summed E-state index contributed by atoms with van der Waals surface area (Å²) in [6.07, 6.45) is 2.77. The second kappa shape index (κ2) is 10.8. The maximum atomic E-state index is 13.1. The fourth-order valence-electron chi connectivity index (χ4n) is 3.22. The van der Waals surface area contributed by atoms with E-state index < -0.39 is 0 Å². The van der Waals surface area contributed by atoms with Gasteiger partial charge in [-0.25, -0.2) is 4.98 Å². The van der Waals surface area contributed by atoms with Gasteiger partial charge in [0.25, 0.3) is 5.56 Å². The summed E-state index contributed by atoms with van der Waals surface area (Å²) in [5, 5.41) is 5.35. The van der Waals surface area contributed by atoms with E-state index in [1.807, 2.05) is 61.7 Å². The third kappa shape index (κ3) is 5.23. The Balaban J connectivity index is 1.54. The Morgan fingerprint density at radius 3 is 2.69 bits per heavy atom. The molecule has 2 aromatic carbocycles. The van der Waals surface area contributed by atoms with Crippen molar-refractivity contribution in [1.29, 1.82) is 0 Å². The number of fused-ring (bicyclic) bond motifs is 1. The van der Waals surface area contributed by atoms with Crippen molar-refractivity contribution in [3.8, 4) is 11.4 Å². The Bertz CT molecular complexity index is 1240. The van der Waals surface area contributed by atoms with Crippen LogP contribution < -0.4 is 5.56 Å². The van der Waals surface area contributed by atoms with E-state index in [0.717, 1.165) is 12.0 Å². The van der Waals surface area contributed by atoms with E-state index in [1.54, 1.807) is 16.3 Å². The molecule has 0 radical (unpaired) electrons. The van der Waals surface area contributed by atoms with Crippen molar-refractivity contribution in [3.05, 3.63) is 64.8 Å². The standard InChI is InChI=1S/C23H24N4O3S2/c1-3-29-14-6-13-27-22(28)18-7-4-5-8-19(18)24-23(27)32-15-20-25-21(26-30-20)16-9-11-17(31-2)12-10-16/h4-5,7-12H,3,6,13-15H2,1-2H3. The van der Waals surface area contributed by atoms with Crippen LogP contribution in [-0.2, 0) is 17.0 Å². The Hall–Kier alpha value is -2.62. The van der Waals surface area contributed by atoms with Crippen LogP contribution in [-0.4, -0.2) is 39.2 Å². The monoisotopic (exact) mass is 468 g/mol. The van der Waals surface area contributed by atoms with Crippen molar-refractivity contribution < 1.29 is 9.26 Å². The highest BCUT2D eigenvalue weighted by atomic mass is 32.2. The predicted octanol–water partition coefficient (Wildman–Crippen LogP) is 4.89. The molecule has 0 unspecified atom stereocenters. The molecule has 32 heavy (non-hydrogen) atoms. The van der Waals surface area contributed by atoms with Gasteiger partial charge in [0.15, 0.2) is 5.16 Å². The maximum Gasteiger partial charge on any atom is 0.262 e. The lowest BCUT2D eigenvalue weighted by Gasteiger charge is -2.12. The van der Waals surface area contributed by atoms with Crippen molar-refractivity contribution >= 4 is 34.4 Å². The number of aromatic nitrogens is 4. The molecule has 2 aromatic heterocycles. The zero-order valence-corrected chi connectivity index (χ0v) is 19.6. The maximum absolute atomic E-state index is 13.1. The molecule has 0 fully saturated rings. The first-order valence-corrected chi connectivity index (χ1v) is 12.6. The molecule has 0 aliphatic carbocycles. The van der Waals surface area contributed by atoms with Gasteiger partial charge < -0.3 is 9.26 Å². The van der Waals surface area contributed by atoms with Gasteiger partial charge in [-0.05, 0) is 56.0 Å². The number of para-hydroxylation sites is 1. The molecule has 0 bridgehead atoms. The number of ether oxygens (including phenoxy) is 1. The topological polar surface area (TPSA) is 83.0 Å². The largest absolute Gasteiger partial charge is 0.382 e. The number of rotatable bonds is 10. The fourth-order valence-corrected chi connectivity index (χ4v) is 4.49. The van der Waals surface area contributed by atoms with Gasteiger partial charge in [-0.15, -0.1) is 11.8 Å². The van der Waals surface area contributed by atoms with Gasteiger partial charge in [0.1, 0.15) is 0 Å². The highest BCUT2D eigenvalue weighted by Crippen LogP contribution is 2.25. The minimum Gasteiger partial charge on any atom is -0.382 e. The van der Waals surface area contributed by atoms with Crippen LogP contribution in [0.15, 0.2) is 67.9 Å². The molecule has 7 nitrogen and oxygen atoms in total. The summed E-state index contributed by atoms with van der Waals surface area (Å²) in [5.74, 6) is 1.46. The second-order valence-electron chi connectivity index (χ2n) is 6.95. The molecule has 9 heteroatoms. The van der Waals surface area contributed by atoms with E-state index in [4.69, 9.17) is 14.2 Å². The van der Waals surface area contributed by atoms with Crippen LogP contribution in [0.4, 0.5) is 0 Å². The minimum absolute atomic E-state index is 0.0466. The van der Waals surface area contributed by atoms with Crippen LogP contribution in [0.2, 0.25) is 0 Å². The van der Waals surface area contributed by atoms with E-state index in [-0.39, 0.29) is 5.56 Å². The van der Waals surface area contributed by atoms with Crippen LogP contribution in [0.1, 0.15) is 19.2 Å². The SMILES string of the molecule is CCOCCCn1c(SCc2nc(-c3ccc(SC)cc3)no2)nc2ccccc2c1=O. The molecule has 166 valence electrons. The van der Waals surface area contributed by atoms with Gasteiger partial charge in [-0.3, -0.25) is 9.36 Å². The molecule has 4 rings (SSSR count). The molecule has 0 saturated heterocycles. The number of nitrogens with zero attached hydrogens (tertiary/aromatic N) is 4. The van der Waals surface area contributed by atoms with Crippen LogP contribution in [0.3, 0.4) is 0 Å². The zero-order chi connectivity index (χ0) is 22.3. The van der Waals surface area contributed by atoms with Crippen molar-refractivity contribution in [2.45, 2.75) is 35.7 Å². The van der Waals surface area contributed by atoms with E-state index in [9.17, 15) is 4.79 Å². The molecular weight excluding hydrogens is 444 g/mol. The molecule has 0 atom stereocenters. The quantitative estimate of drug-likeness (QED) is 0.185. The summed E-state index contributed by atoms with van der Waals surface area (Å²) >= 11 is 3.10. The zero-order valence-electron chi connectivity index (χ0n) is 18.0. The molecule has 4 aromatic rings. The van der Waals surface area contributed by atoms with Gasteiger partial charge in [-0.2, -0.15) is 4.98 Å². The first-order valence-electron chi connectivity index (χ1n) is 10.4. The van der Waals surface area contributed by atoms with E-state index in [0.29, 0.717) is 53.3 Å². The second-order valence-corrected chi connectivity index (χ2v) is 8.77. The summed E-state index contributed by atoms with van der Waals surface area (Å²) < 4.78 is 12.6. The highest BCUT2D eigenvalue weighted by Gasteiger charge is 2.14. The average molecular weight is 469 g/mol. The lowest BCUT2D eigenvalue weighted by atomic mass is 10.2. The first kappa shape index (κ1) is 22.6. The Morgan fingerprint density at radius 2 is 1.91 bits per heavy atom. The van der Waals surface area contributed by atoms with E-state index >= 15 is 0 Å². The van der Waals surface area contributed by atoms with Crippen LogP contribution in [0.25, 0.3) is 22.3 Å². The van der Waals surface area contributed by atoms with Crippen LogP contribution in [0, 0.1) is 0 Å². The third-order valence-electron chi connectivity index (χ3n) is 4.84. The lowest BCUT2D eigenvalue weighted by molar-refractivity contribution is 0.140. The highest BCUT2D eigenvalue weighted by molar-refractivity contribution is 7.98. The summed E-state index contributed by atoms with van der Waals surface area (Å²) in [6, 6.07) is 15.4. The van der Waals surface area contributed by atoms with Gasteiger partial charge in [-0.1, -0.05) is 29.1 Å². The lowest BCUT2D eigenvalue weighted by Crippen LogP contribution is -2.24. The molecule has 0 aliphatic heterocycles. The molecule has 0 saturated carbocycles. The number of thioether (sulfide) groups is 2. The van der Waals surface area contributed by atoms with Crippen molar-refractivity contribution in [3.63, 3.8) is 0 Å². The average Bonchev–Trinajstić information content (AvgIpc) is 3.31. The fraction of sp³-hybridized carbons (Fsp3) is 0.304. The minimum atomic E-state index is -0.0466. The normalized spacial score (nSPS) is 11.3. The van der Waals surface area contributed by atoms with E-state index in [1.165, 1.54) is 16.7 Å². The van der Waals surface area contributed by atoms with Crippen molar-refractivity contribution in [2.75, 3.05) is 19.5 Å². The Labute approximate surface area is 194 Å². The summed E-state index contributed by atoms with van der Waals surface area (Å²) in [7, 11) is 0. The van der Waals surface area contributed by atoms with Gasteiger partial charge in [0.2, 0.25) is 11.7 Å². The smallest absolute Gasteiger partial charge is 0.262 e. The number of benzene rings is 2. The Morgan fingerprint density at radius 1 is 1.09 bits per heavy atom. The third-order valence-corrected chi connectivity index (χ3v) is 6.55. The molecule has 0 amide bonds. The van der Waals surface area contributed by atoms with Crippen molar-refractivity contribution in [2.24, 2.45) is 0 Å². The summed E-state index contributed by atoms with van der Waals surface area (Å²) in [6.45, 7) is 3.75. The Kier molecular flexibility index (Phi) is 7.62. The molecule has 0 spiro atoms. The van der Waals surface area contributed by atoms with Crippen LogP contribution in [0.5, 0.6) is 0 Å². The molecule has 0 N–H and O–H groups in total. The molecular formula is C23H24N4O3S2. The first-order chi connectivity index (χ1) is 15.7. The summed E-state index contributed by atoms with van der Waals surface area (Å²) in [5.41, 5.74) is 1.54. The van der Waals surface area contributed by atoms with Gasteiger partial charge in [0, 0.05) is 30.2 Å².